The van der Waals surface area contributed by atoms with Crippen LogP contribution in [0.15, 0.2) is 122 Å². The number of nitrogens with zero attached hydrogens (tertiary/aromatic N) is 2. The number of nitrogens with one attached hydrogen (secondary N) is 2. The fraction of sp³-hybridized carbons (Fsp3) is 0.179. The van der Waals surface area contributed by atoms with E-state index in [0.717, 1.165) is 50.7 Å². The molecule has 2 N–H and O–H groups in total. The highest BCUT2D eigenvalue weighted by Gasteiger charge is 2.13. The number of carbonyl (C=O) groups is 2. The molecule has 0 aliphatic carbocycles. The molecule has 0 atom stereocenters. The van der Waals surface area contributed by atoms with E-state index in [1.165, 1.54) is 7.11 Å². The standard InChI is InChI=1S/C20H20N2O2.C19H18N2O3/c1-2-19(23)16-8-4-3-7-15(16)11-12-24-20-10-6-5-9-17(20)18-13-21-14-22-18;1-23-19(22)15-7-3-2-6-14(15)10-11-24-18-9-5-4-8-16(18)17-12-20-13-21-17/h3-10,13-14H,2,11-12H2,1H3,(H,21,22);2-9,12-13H,10-11H2,1H3,(H,20,21). The van der Waals surface area contributed by atoms with Crippen LogP contribution in [-0.4, -0.2) is 52.0 Å². The third kappa shape index (κ3) is 8.64. The number of esters is 1. The maximum absolute atomic E-state index is 12.0. The van der Waals surface area contributed by atoms with E-state index in [2.05, 4.69) is 19.9 Å². The van der Waals surface area contributed by atoms with E-state index in [1.807, 2.05) is 97.9 Å². The van der Waals surface area contributed by atoms with Gasteiger partial charge in [-0.1, -0.05) is 73.7 Å². The number of Topliss-reactive ketones (excluding diaryl/α,β-unsaturated/α-hetero) is 1. The molecule has 6 aromatic rings. The van der Waals surface area contributed by atoms with Crippen LogP contribution in [0.5, 0.6) is 11.5 Å². The molecule has 0 saturated carbocycles. The number of H-pyrrole nitrogens is 2. The van der Waals surface area contributed by atoms with E-state index in [-0.39, 0.29) is 11.8 Å². The quantitative estimate of drug-likeness (QED) is 0.0976. The van der Waals surface area contributed by atoms with Crippen LogP contribution >= 0.6 is 0 Å². The van der Waals surface area contributed by atoms with Gasteiger partial charge in [0.05, 0.1) is 62.3 Å². The van der Waals surface area contributed by atoms with E-state index in [4.69, 9.17) is 14.2 Å². The second kappa shape index (κ2) is 17.1. The predicted octanol–water partition coefficient (Wildman–Crippen LogP) is 7.78. The summed E-state index contributed by atoms with van der Waals surface area (Å²) in [6.45, 7) is 2.86. The molecule has 0 aliphatic heterocycles. The molecule has 0 unspecified atom stereocenters. The number of hydrogen-bond donors (Lipinski definition) is 2. The van der Waals surface area contributed by atoms with E-state index >= 15 is 0 Å². The molecule has 9 nitrogen and oxygen atoms in total. The molecule has 48 heavy (non-hydrogen) atoms. The summed E-state index contributed by atoms with van der Waals surface area (Å²) < 4.78 is 16.7. The van der Waals surface area contributed by atoms with Crippen molar-refractivity contribution in [1.29, 1.82) is 0 Å². The van der Waals surface area contributed by atoms with Gasteiger partial charge >= 0.3 is 5.97 Å². The Morgan fingerprint density at radius 3 is 1.56 bits per heavy atom. The number of para-hydroxylation sites is 2. The molecule has 2 heterocycles. The molecular formula is C39H38N4O5. The van der Waals surface area contributed by atoms with E-state index < -0.39 is 0 Å². The lowest BCUT2D eigenvalue weighted by molar-refractivity contribution is 0.0599. The smallest absolute Gasteiger partial charge is 0.338 e. The second-order valence-corrected chi connectivity index (χ2v) is 10.7. The molecule has 9 heteroatoms. The molecule has 0 saturated heterocycles. The molecule has 0 fully saturated rings. The molecule has 0 radical (unpaired) electrons. The first-order valence-corrected chi connectivity index (χ1v) is 15.8. The number of hydrogen-bond acceptors (Lipinski definition) is 7. The minimum absolute atomic E-state index is 0.170. The second-order valence-electron chi connectivity index (χ2n) is 10.7. The Morgan fingerprint density at radius 1 is 0.625 bits per heavy atom. The Balaban J connectivity index is 0.000000188. The van der Waals surface area contributed by atoms with Crippen LogP contribution in [0.4, 0.5) is 0 Å². The molecule has 4 aromatic carbocycles. The number of benzene rings is 4. The minimum atomic E-state index is -0.330. The number of aromatic amines is 2. The average molecular weight is 643 g/mol. The van der Waals surface area contributed by atoms with Gasteiger partial charge in [0.25, 0.3) is 0 Å². The van der Waals surface area contributed by atoms with Gasteiger partial charge in [0, 0.05) is 36.0 Å². The highest BCUT2D eigenvalue weighted by molar-refractivity contribution is 5.97. The van der Waals surface area contributed by atoms with Crippen molar-refractivity contribution in [3.63, 3.8) is 0 Å². The largest absolute Gasteiger partial charge is 0.493 e. The van der Waals surface area contributed by atoms with Crippen molar-refractivity contribution in [2.24, 2.45) is 0 Å². The topological polar surface area (TPSA) is 119 Å². The predicted molar refractivity (Wildman–Crippen MR) is 185 cm³/mol. The van der Waals surface area contributed by atoms with Gasteiger partial charge in [-0.25, -0.2) is 14.8 Å². The van der Waals surface area contributed by atoms with Crippen molar-refractivity contribution in [2.75, 3.05) is 20.3 Å². The molecular weight excluding hydrogens is 604 g/mol. The molecule has 0 bridgehead atoms. The fourth-order valence-corrected chi connectivity index (χ4v) is 5.23. The third-order valence-corrected chi connectivity index (χ3v) is 7.67. The van der Waals surface area contributed by atoms with Crippen LogP contribution in [0, 0.1) is 0 Å². The van der Waals surface area contributed by atoms with Gasteiger partial charge in [-0.05, 0) is 41.5 Å². The first-order valence-electron chi connectivity index (χ1n) is 15.8. The SMILES string of the molecule is CCC(=O)c1ccccc1CCOc1ccccc1-c1cnc[nH]1.COC(=O)c1ccccc1CCOc1ccccc1-c1cnc[nH]1. The Morgan fingerprint density at radius 2 is 1.08 bits per heavy atom. The summed E-state index contributed by atoms with van der Waals surface area (Å²) in [5.41, 5.74) is 7.07. The number of methoxy groups -OCH3 is 1. The van der Waals surface area contributed by atoms with Crippen molar-refractivity contribution in [2.45, 2.75) is 26.2 Å². The van der Waals surface area contributed by atoms with Crippen molar-refractivity contribution >= 4 is 11.8 Å². The first-order chi connectivity index (χ1) is 23.6. The van der Waals surface area contributed by atoms with Gasteiger partial charge < -0.3 is 24.2 Å². The Hall–Kier alpha value is -5.96. The summed E-state index contributed by atoms with van der Waals surface area (Å²) in [4.78, 5) is 38.1. The number of carbonyl (C=O) groups excluding carboxylic acids is 2. The van der Waals surface area contributed by atoms with Crippen molar-refractivity contribution in [3.05, 3.63) is 144 Å². The lowest BCUT2D eigenvalue weighted by Crippen LogP contribution is -2.09. The first kappa shape index (κ1) is 33.4. The Kier molecular flexibility index (Phi) is 11.9. The van der Waals surface area contributed by atoms with Crippen LogP contribution in [0.1, 0.15) is 45.2 Å². The maximum Gasteiger partial charge on any atom is 0.338 e. The summed E-state index contributed by atoms with van der Waals surface area (Å²) in [6, 6.07) is 30.8. The Labute approximate surface area is 280 Å². The minimum Gasteiger partial charge on any atom is -0.493 e. The molecule has 2 aromatic heterocycles. The van der Waals surface area contributed by atoms with Crippen molar-refractivity contribution in [1.82, 2.24) is 19.9 Å². The van der Waals surface area contributed by atoms with E-state index in [0.29, 0.717) is 38.0 Å². The van der Waals surface area contributed by atoms with Crippen LogP contribution in [0.3, 0.4) is 0 Å². The highest BCUT2D eigenvalue weighted by Crippen LogP contribution is 2.29. The van der Waals surface area contributed by atoms with Crippen LogP contribution < -0.4 is 9.47 Å². The zero-order valence-corrected chi connectivity index (χ0v) is 27.0. The van der Waals surface area contributed by atoms with Crippen LogP contribution in [-0.2, 0) is 17.6 Å². The number of ketones is 1. The van der Waals surface area contributed by atoms with Crippen LogP contribution in [0.25, 0.3) is 22.5 Å². The van der Waals surface area contributed by atoms with E-state index in [1.54, 1.807) is 31.1 Å². The Bertz CT molecular complexity index is 1760. The monoisotopic (exact) mass is 642 g/mol. The number of aromatic nitrogens is 4. The zero-order chi connectivity index (χ0) is 33.6. The van der Waals surface area contributed by atoms with Gasteiger partial charge in [-0.3, -0.25) is 4.79 Å². The van der Waals surface area contributed by atoms with Crippen molar-refractivity contribution < 1.29 is 23.8 Å². The zero-order valence-electron chi connectivity index (χ0n) is 27.0. The summed E-state index contributed by atoms with van der Waals surface area (Å²) in [6.07, 6.45) is 8.64. The average Bonchev–Trinajstić information content (AvgIpc) is 3.88. The molecule has 6 rings (SSSR count). The highest BCUT2D eigenvalue weighted by atomic mass is 16.5. The molecule has 0 aliphatic rings. The fourth-order valence-electron chi connectivity index (χ4n) is 5.23. The number of ether oxygens (including phenoxy) is 3. The molecule has 0 spiro atoms. The lowest BCUT2D eigenvalue weighted by atomic mass is 10.00. The third-order valence-electron chi connectivity index (χ3n) is 7.67. The van der Waals surface area contributed by atoms with E-state index in [9.17, 15) is 9.59 Å². The number of imidazole rings is 2. The molecule has 0 amide bonds. The summed E-state index contributed by atoms with van der Waals surface area (Å²) >= 11 is 0. The summed E-state index contributed by atoms with van der Waals surface area (Å²) in [5.74, 6) is 1.42. The van der Waals surface area contributed by atoms with Gasteiger partial charge in [0.1, 0.15) is 11.5 Å². The lowest BCUT2D eigenvalue weighted by Gasteiger charge is -2.12. The van der Waals surface area contributed by atoms with Crippen molar-refractivity contribution in [3.8, 4) is 34.0 Å². The van der Waals surface area contributed by atoms with Gasteiger partial charge in [0.15, 0.2) is 5.78 Å². The summed E-state index contributed by atoms with van der Waals surface area (Å²) in [5, 5.41) is 0. The van der Waals surface area contributed by atoms with Gasteiger partial charge in [0.2, 0.25) is 0 Å². The number of rotatable bonds is 13. The van der Waals surface area contributed by atoms with Gasteiger partial charge in [-0.15, -0.1) is 0 Å². The van der Waals surface area contributed by atoms with Crippen LogP contribution in [0.2, 0.25) is 0 Å². The maximum atomic E-state index is 12.0. The summed E-state index contributed by atoms with van der Waals surface area (Å²) in [7, 11) is 1.39. The van der Waals surface area contributed by atoms with Gasteiger partial charge in [-0.2, -0.15) is 0 Å². The normalized spacial score (nSPS) is 10.5. The molecule has 244 valence electrons.